The molecule has 150 valence electrons. The molecule has 3 heterocycles. The predicted octanol–water partition coefficient (Wildman–Crippen LogP) is 3.06. The van der Waals surface area contributed by atoms with Gasteiger partial charge in [-0.1, -0.05) is 54.2 Å². The summed E-state index contributed by atoms with van der Waals surface area (Å²) in [5.41, 5.74) is 3.12. The molecule has 2 aliphatic heterocycles. The number of thioether (sulfide) groups is 1. The molecule has 0 aliphatic carbocycles. The molecule has 0 fully saturated rings. The second-order valence-electron chi connectivity index (χ2n) is 7.21. The number of carbonyl (C=O) groups excluding carboxylic acids is 2. The zero-order chi connectivity index (χ0) is 20.5. The van der Waals surface area contributed by atoms with Crippen LogP contribution in [0.5, 0.6) is 0 Å². The van der Waals surface area contributed by atoms with Gasteiger partial charge in [-0.2, -0.15) is 9.78 Å². The normalized spacial score (nSPS) is 15.2. The van der Waals surface area contributed by atoms with E-state index >= 15 is 0 Å². The standard InChI is InChI=1S/C22H19N5O2S/c28-20-17-8-4-5-9-18(17)21(29)26(20)13-12-16-14-30-22-24-23-19(27(22)25-16)11-10-15-6-2-1-3-7-15/h1-9H,10-14H2. The summed E-state index contributed by atoms with van der Waals surface area (Å²) in [6.07, 6.45) is 2.14. The molecule has 0 saturated carbocycles. The highest BCUT2D eigenvalue weighted by atomic mass is 32.2. The highest BCUT2D eigenvalue weighted by molar-refractivity contribution is 7.99. The average molecular weight is 417 g/mol. The number of aryl methyl sites for hydroxylation is 2. The molecule has 0 atom stereocenters. The Morgan fingerprint density at radius 3 is 2.27 bits per heavy atom. The van der Waals surface area contributed by atoms with Crippen molar-refractivity contribution in [3.63, 3.8) is 0 Å². The predicted molar refractivity (Wildman–Crippen MR) is 114 cm³/mol. The maximum Gasteiger partial charge on any atom is 0.261 e. The van der Waals surface area contributed by atoms with Gasteiger partial charge in [-0.3, -0.25) is 14.5 Å². The smallest absolute Gasteiger partial charge is 0.261 e. The maximum absolute atomic E-state index is 12.5. The van der Waals surface area contributed by atoms with Crippen molar-refractivity contribution in [3.05, 3.63) is 77.1 Å². The molecule has 0 radical (unpaired) electrons. The topological polar surface area (TPSA) is 80.5 Å². The van der Waals surface area contributed by atoms with Gasteiger partial charge in [0.15, 0.2) is 5.82 Å². The van der Waals surface area contributed by atoms with Crippen LogP contribution in [0, 0.1) is 0 Å². The second-order valence-corrected chi connectivity index (χ2v) is 8.15. The molecule has 7 nitrogen and oxygen atoms in total. The van der Waals surface area contributed by atoms with E-state index in [2.05, 4.69) is 22.3 Å². The maximum atomic E-state index is 12.5. The second kappa shape index (κ2) is 7.87. The molecule has 3 aromatic rings. The van der Waals surface area contributed by atoms with Gasteiger partial charge in [0.1, 0.15) is 0 Å². The van der Waals surface area contributed by atoms with Gasteiger partial charge in [0.2, 0.25) is 5.16 Å². The van der Waals surface area contributed by atoms with E-state index < -0.39 is 0 Å². The molecule has 30 heavy (non-hydrogen) atoms. The molecule has 0 bridgehead atoms. The van der Waals surface area contributed by atoms with Gasteiger partial charge in [-0.05, 0) is 24.1 Å². The highest BCUT2D eigenvalue weighted by Gasteiger charge is 2.35. The minimum Gasteiger partial charge on any atom is -0.274 e. The molecule has 8 heteroatoms. The van der Waals surface area contributed by atoms with Crippen molar-refractivity contribution in [3.8, 4) is 0 Å². The van der Waals surface area contributed by atoms with Crippen LogP contribution in [0.15, 0.2) is 64.9 Å². The molecule has 5 rings (SSSR count). The van der Waals surface area contributed by atoms with E-state index in [-0.39, 0.29) is 11.8 Å². The summed E-state index contributed by atoms with van der Waals surface area (Å²) in [5.74, 6) is 1.04. The van der Waals surface area contributed by atoms with E-state index in [4.69, 9.17) is 5.10 Å². The first-order valence-electron chi connectivity index (χ1n) is 9.83. The summed E-state index contributed by atoms with van der Waals surface area (Å²) in [5, 5.41) is 14.0. The molecular formula is C22H19N5O2S. The van der Waals surface area contributed by atoms with Crippen molar-refractivity contribution >= 4 is 29.3 Å². The van der Waals surface area contributed by atoms with Gasteiger partial charge in [0.25, 0.3) is 11.8 Å². The van der Waals surface area contributed by atoms with Crippen LogP contribution in [0.1, 0.15) is 38.5 Å². The third kappa shape index (κ3) is 3.43. The van der Waals surface area contributed by atoms with E-state index in [0.717, 1.165) is 29.5 Å². The van der Waals surface area contributed by atoms with Crippen molar-refractivity contribution in [2.45, 2.75) is 24.4 Å². The summed E-state index contributed by atoms with van der Waals surface area (Å²) in [4.78, 5) is 26.4. The van der Waals surface area contributed by atoms with Gasteiger partial charge in [0, 0.05) is 25.1 Å². The highest BCUT2D eigenvalue weighted by Crippen LogP contribution is 2.25. The monoisotopic (exact) mass is 417 g/mol. The first-order chi connectivity index (χ1) is 14.7. The van der Waals surface area contributed by atoms with Crippen molar-refractivity contribution < 1.29 is 9.59 Å². The lowest BCUT2D eigenvalue weighted by molar-refractivity contribution is 0.0658. The summed E-state index contributed by atoms with van der Waals surface area (Å²) in [6, 6.07) is 17.2. The Balaban J connectivity index is 1.27. The first kappa shape index (κ1) is 18.7. The van der Waals surface area contributed by atoms with E-state index in [1.165, 1.54) is 10.5 Å². The number of hydrogen-bond donors (Lipinski definition) is 0. The zero-order valence-electron chi connectivity index (χ0n) is 16.2. The van der Waals surface area contributed by atoms with E-state index in [0.29, 0.717) is 29.8 Å². The number of nitrogens with zero attached hydrogens (tertiary/aromatic N) is 5. The van der Waals surface area contributed by atoms with Crippen LogP contribution >= 0.6 is 11.8 Å². The number of carbonyl (C=O) groups is 2. The number of amides is 2. The molecule has 2 aromatic carbocycles. The van der Waals surface area contributed by atoms with E-state index in [1.54, 1.807) is 40.7 Å². The Morgan fingerprint density at radius 1 is 0.833 bits per heavy atom. The van der Waals surface area contributed by atoms with Gasteiger partial charge >= 0.3 is 0 Å². The summed E-state index contributed by atoms with van der Waals surface area (Å²) < 4.78 is 1.80. The van der Waals surface area contributed by atoms with Crippen molar-refractivity contribution in [2.75, 3.05) is 12.3 Å². The number of rotatable bonds is 6. The number of imide groups is 1. The van der Waals surface area contributed by atoms with Crippen molar-refractivity contribution in [1.82, 2.24) is 19.8 Å². The first-order valence-corrected chi connectivity index (χ1v) is 10.8. The fraction of sp³-hybridized carbons (Fsp3) is 0.227. The van der Waals surface area contributed by atoms with Gasteiger partial charge in [-0.15, -0.1) is 10.2 Å². The Bertz CT molecular complexity index is 1120. The van der Waals surface area contributed by atoms with Crippen molar-refractivity contribution in [1.29, 1.82) is 0 Å². The molecule has 1 aromatic heterocycles. The fourth-order valence-electron chi connectivity index (χ4n) is 3.67. The molecule has 0 spiro atoms. The minimum absolute atomic E-state index is 0.229. The Kier molecular flexibility index (Phi) is 4.92. The quantitative estimate of drug-likeness (QED) is 0.576. The molecule has 2 aliphatic rings. The van der Waals surface area contributed by atoms with E-state index in [9.17, 15) is 9.59 Å². The van der Waals surface area contributed by atoms with Crippen molar-refractivity contribution in [2.24, 2.45) is 5.10 Å². The van der Waals surface area contributed by atoms with Gasteiger partial charge < -0.3 is 0 Å². The zero-order valence-corrected chi connectivity index (χ0v) is 17.0. The van der Waals surface area contributed by atoms with Gasteiger partial charge in [-0.25, -0.2) is 0 Å². The largest absolute Gasteiger partial charge is 0.274 e. The molecule has 0 saturated heterocycles. The molecular weight excluding hydrogens is 398 g/mol. The van der Waals surface area contributed by atoms with Crippen LogP contribution in [0.3, 0.4) is 0 Å². The summed E-state index contributed by atoms with van der Waals surface area (Å²) in [7, 11) is 0. The Hall–Kier alpha value is -3.26. The van der Waals surface area contributed by atoms with Crippen LogP contribution in [-0.4, -0.2) is 49.6 Å². The van der Waals surface area contributed by atoms with Crippen LogP contribution in [0.25, 0.3) is 0 Å². The lowest BCUT2D eigenvalue weighted by Crippen LogP contribution is -2.32. The number of fused-ring (bicyclic) bond motifs is 2. The van der Waals surface area contributed by atoms with Gasteiger partial charge in [0.05, 0.1) is 16.8 Å². The molecule has 0 unspecified atom stereocenters. The van der Waals surface area contributed by atoms with Crippen LogP contribution < -0.4 is 0 Å². The third-order valence-corrected chi connectivity index (χ3v) is 6.26. The van der Waals surface area contributed by atoms with Crippen LogP contribution in [0.4, 0.5) is 0 Å². The van der Waals surface area contributed by atoms with E-state index in [1.807, 2.05) is 18.2 Å². The third-order valence-electron chi connectivity index (χ3n) is 5.27. The minimum atomic E-state index is -0.229. The molecule has 0 N–H and O–H groups in total. The molecule has 2 amide bonds. The van der Waals surface area contributed by atoms with Crippen LogP contribution in [0.2, 0.25) is 0 Å². The number of aromatic nitrogens is 3. The average Bonchev–Trinajstić information content (AvgIpc) is 3.30. The fourth-order valence-corrected chi connectivity index (χ4v) is 4.53. The summed E-state index contributed by atoms with van der Waals surface area (Å²) in [6.45, 7) is 0.322. The summed E-state index contributed by atoms with van der Waals surface area (Å²) >= 11 is 1.58. The number of hydrogen-bond acceptors (Lipinski definition) is 6. The van der Waals surface area contributed by atoms with Crippen LogP contribution in [-0.2, 0) is 12.8 Å². The Labute approximate surface area is 177 Å². The number of benzene rings is 2. The lowest BCUT2D eigenvalue weighted by Gasteiger charge is -2.17. The SMILES string of the molecule is O=C1c2ccccc2C(=O)N1CCC1=Nn2c(CCc3ccccc3)nnc2SC1. The lowest BCUT2D eigenvalue weighted by atomic mass is 10.1. The Morgan fingerprint density at radius 2 is 1.53 bits per heavy atom.